The number of nitrogens with zero attached hydrogens (tertiary/aromatic N) is 2. The first-order chi connectivity index (χ1) is 14.4. The summed E-state index contributed by atoms with van der Waals surface area (Å²) in [5.41, 5.74) is 0. The van der Waals surface area contributed by atoms with Gasteiger partial charge in [-0.3, -0.25) is 4.79 Å². The van der Waals surface area contributed by atoms with Gasteiger partial charge < -0.3 is 14.4 Å². The number of hydrogen-bond donors (Lipinski definition) is 0. The lowest BCUT2D eigenvalue weighted by Gasteiger charge is -2.34. The molecule has 0 saturated carbocycles. The number of carbonyl (C=O) groups excluding carboxylic acids is 1. The molecule has 0 radical (unpaired) electrons. The zero-order valence-corrected chi connectivity index (χ0v) is 18.3. The Morgan fingerprint density at radius 1 is 1.07 bits per heavy atom. The Morgan fingerprint density at radius 3 is 2.40 bits per heavy atom. The fourth-order valence-electron chi connectivity index (χ4n) is 3.10. The maximum absolute atomic E-state index is 13.7. The van der Waals surface area contributed by atoms with Crippen molar-refractivity contribution in [2.24, 2.45) is 0 Å². The van der Waals surface area contributed by atoms with Crippen LogP contribution in [0.15, 0.2) is 52.3 Å². The van der Waals surface area contributed by atoms with Crippen molar-refractivity contribution < 1.29 is 27.1 Å². The lowest BCUT2D eigenvalue weighted by Crippen LogP contribution is -2.51. The zero-order chi connectivity index (χ0) is 21.7. The number of thioether (sulfide) groups is 1. The SMILES string of the molecule is COc1ccc(OC)c(S(=O)(=O)N2CCN(C(=O)CSc3ccccc3F)CC2)c1. The minimum absolute atomic E-state index is 0.0271. The molecule has 1 heterocycles. The molecule has 0 N–H and O–H groups in total. The average molecular weight is 455 g/mol. The van der Waals surface area contributed by atoms with E-state index in [-0.39, 0.29) is 54.3 Å². The molecule has 0 aromatic heterocycles. The Balaban J connectivity index is 1.63. The molecule has 1 fully saturated rings. The second-order valence-corrected chi connectivity index (χ2v) is 9.44. The number of halogens is 1. The summed E-state index contributed by atoms with van der Waals surface area (Å²) in [6.07, 6.45) is 0. The third-order valence-corrected chi connectivity index (χ3v) is 7.72. The number of methoxy groups -OCH3 is 2. The van der Waals surface area contributed by atoms with E-state index in [9.17, 15) is 17.6 Å². The lowest BCUT2D eigenvalue weighted by atomic mass is 10.3. The van der Waals surface area contributed by atoms with Gasteiger partial charge in [0.1, 0.15) is 22.2 Å². The standard InChI is InChI=1S/C20H23FN2O5S2/c1-27-15-7-8-17(28-2)19(13-15)30(25,26)23-11-9-22(10-12-23)20(24)14-29-18-6-4-3-5-16(18)21/h3-8,13H,9-12,14H2,1-2H3. The summed E-state index contributed by atoms with van der Waals surface area (Å²) in [6, 6.07) is 10.9. The highest BCUT2D eigenvalue weighted by Crippen LogP contribution is 2.31. The second-order valence-electron chi connectivity index (χ2n) is 6.52. The molecule has 7 nitrogen and oxygen atoms in total. The van der Waals surface area contributed by atoms with E-state index in [4.69, 9.17) is 9.47 Å². The molecule has 162 valence electrons. The summed E-state index contributed by atoms with van der Waals surface area (Å²) in [5.74, 6) is 0.221. The maximum atomic E-state index is 13.7. The highest BCUT2D eigenvalue weighted by Gasteiger charge is 2.32. The normalized spacial score (nSPS) is 15.1. The topological polar surface area (TPSA) is 76.2 Å². The van der Waals surface area contributed by atoms with Crippen LogP contribution >= 0.6 is 11.8 Å². The predicted octanol–water partition coefficient (Wildman–Crippen LogP) is 2.47. The molecule has 1 aliphatic heterocycles. The molecule has 30 heavy (non-hydrogen) atoms. The van der Waals surface area contributed by atoms with Crippen molar-refractivity contribution in [3.8, 4) is 11.5 Å². The Bertz CT molecular complexity index is 1010. The number of benzene rings is 2. The van der Waals surface area contributed by atoms with E-state index in [1.54, 1.807) is 35.2 Å². The molecule has 1 aliphatic rings. The molecular weight excluding hydrogens is 431 g/mol. The second kappa shape index (κ2) is 9.67. The molecule has 0 bridgehead atoms. The number of sulfonamides is 1. The van der Waals surface area contributed by atoms with Crippen molar-refractivity contribution in [2.45, 2.75) is 9.79 Å². The van der Waals surface area contributed by atoms with Crippen molar-refractivity contribution in [3.63, 3.8) is 0 Å². The fourth-order valence-corrected chi connectivity index (χ4v) is 5.53. The van der Waals surface area contributed by atoms with E-state index in [0.29, 0.717) is 10.6 Å². The number of amides is 1. The van der Waals surface area contributed by atoms with Gasteiger partial charge in [-0.25, -0.2) is 12.8 Å². The number of rotatable bonds is 7. The van der Waals surface area contributed by atoms with Gasteiger partial charge in [0, 0.05) is 37.1 Å². The number of piperazine rings is 1. The predicted molar refractivity (Wildman–Crippen MR) is 112 cm³/mol. The molecule has 0 spiro atoms. The van der Waals surface area contributed by atoms with Crippen LogP contribution in [-0.2, 0) is 14.8 Å². The van der Waals surface area contributed by atoms with Gasteiger partial charge in [-0.15, -0.1) is 11.8 Å². The van der Waals surface area contributed by atoms with E-state index in [1.165, 1.54) is 30.7 Å². The highest BCUT2D eigenvalue weighted by molar-refractivity contribution is 8.00. The van der Waals surface area contributed by atoms with E-state index in [0.717, 1.165) is 11.8 Å². The van der Waals surface area contributed by atoms with Crippen molar-refractivity contribution in [2.75, 3.05) is 46.2 Å². The molecular formula is C20H23FN2O5S2. The molecule has 0 aliphatic carbocycles. The molecule has 2 aromatic carbocycles. The third kappa shape index (κ3) is 4.88. The van der Waals surface area contributed by atoms with Crippen LogP contribution in [0.1, 0.15) is 0 Å². The van der Waals surface area contributed by atoms with E-state index in [2.05, 4.69) is 0 Å². The quantitative estimate of drug-likeness (QED) is 0.599. The van der Waals surface area contributed by atoms with Crippen LogP contribution in [-0.4, -0.2) is 69.7 Å². The molecule has 1 amide bonds. The van der Waals surface area contributed by atoms with Crippen LogP contribution < -0.4 is 9.47 Å². The van der Waals surface area contributed by atoms with Crippen molar-refractivity contribution >= 4 is 27.7 Å². The van der Waals surface area contributed by atoms with Gasteiger partial charge in [-0.1, -0.05) is 12.1 Å². The van der Waals surface area contributed by atoms with Crippen LogP contribution in [0.5, 0.6) is 11.5 Å². The smallest absolute Gasteiger partial charge is 0.247 e. The summed E-state index contributed by atoms with van der Waals surface area (Å²) in [7, 11) is -0.944. The third-order valence-electron chi connectivity index (χ3n) is 4.77. The van der Waals surface area contributed by atoms with Crippen LogP contribution in [0.25, 0.3) is 0 Å². The van der Waals surface area contributed by atoms with Crippen molar-refractivity contribution in [3.05, 3.63) is 48.3 Å². The summed E-state index contributed by atoms with van der Waals surface area (Å²) in [4.78, 5) is 14.5. The summed E-state index contributed by atoms with van der Waals surface area (Å²) < 4.78 is 51.6. The van der Waals surface area contributed by atoms with Crippen LogP contribution in [0.4, 0.5) is 4.39 Å². The maximum Gasteiger partial charge on any atom is 0.247 e. The van der Waals surface area contributed by atoms with Gasteiger partial charge in [-0.2, -0.15) is 4.31 Å². The average Bonchev–Trinajstić information content (AvgIpc) is 2.78. The lowest BCUT2D eigenvalue weighted by molar-refractivity contribution is -0.129. The van der Waals surface area contributed by atoms with Crippen LogP contribution in [0.3, 0.4) is 0 Å². The number of hydrogen-bond acceptors (Lipinski definition) is 6. The molecule has 0 atom stereocenters. The Kier molecular flexibility index (Phi) is 7.22. The minimum Gasteiger partial charge on any atom is -0.497 e. The molecule has 0 unspecified atom stereocenters. The van der Waals surface area contributed by atoms with Gasteiger partial charge in [0.25, 0.3) is 0 Å². The van der Waals surface area contributed by atoms with Crippen molar-refractivity contribution in [1.29, 1.82) is 0 Å². The van der Waals surface area contributed by atoms with Gasteiger partial charge >= 0.3 is 0 Å². The first kappa shape index (κ1) is 22.4. The van der Waals surface area contributed by atoms with Gasteiger partial charge in [0.2, 0.25) is 15.9 Å². The number of carbonyl (C=O) groups is 1. The largest absolute Gasteiger partial charge is 0.497 e. The monoisotopic (exact) mass is 454 g/mol. The first-order valence-electron chi connectivity index (χ1n) is 9.24. The Morgan fingerprint density at radius 2 is 1.77 bits per heavy atom. The molecule has 10 heteroatoms. The van der Waals surface area contributed by atoms with Crippen LogP contribution in [0, 0.1) is 5.82 Å². The highest BCUT2D eigenvalue weighted by atomic mass is 32.2. The van der Waals surface area contributed by atoms with Crippen molar-refractivity contribution in [1.82, 2.24) is 9.21 Å². The molecule has 3 rings (SSSR count). The summed E-state index contributed by atoms with van der Waals surface area (Å²) >= 11 is 1.13. The summed E-state index contributed by atoms with van der Waals surface area (Å²) in [5, 5.41) is 0. The van der Waals surface area contributed by atoms with E-state index >= 15 is 0 Å². The number of ether oxygens (including phenoxy) is 2. The Labute approximate surface area is 179 Å². The molecule has 1 saturated heterocycles. The van der Waals surface area contributed by atoms with Gasteiger partial charge in [-0.05, 0) is 24.3 Å². The van der Waals surface area contributed by atoms with Gasteiger partial charge in [0.15, 0.2) is 0 Å². The van der Waals surface area contributed by atoms with Gasteiger partial charge in [0.05, 0.1) is 20.0 Å². The van der Waals surface area contributed by atoms with Crippen LogP contribution in [0.2, 0.25) is 0 Å². The molecule has 2 aromatic rings. The van der Waals surface area contributed by atoms with E-state index in [1.807, 2.05) is 0 Å². The first-order valence-corrected chi connectivity index (χ1v) is 11.7. The zero-order valence-electron chi connectivity index (χ0n) is 16.7. The Hall–Kier alpha value is -2.30. The van der Waals surface area contributed by atoms with E-state index < -0.39 is 10.0 Å². The fraction of sp³-hybridized carbons (Fsp3) is 0.350. The minimum atomic E-state index is -3.81. The summed E-state index contributed by atoms with van der Waals surface area (Å²) in [6.45, 7) is 0.863.